The Bertz CT molecular complexity index is 589. The highest BCUT2D eigenvalue weighted by atomic mass is 35.5. The fourth-order valence-electron chi connectivity index (χ4n) is 1.53. The van der Waals surface area contributed by atoms with Crippen molar-refractivity contribution >= 4 is 52.5 Å². The second-order valence-corrected chi connectivity index (χ2v) is 5.50. The number of aromatic nitrogens is 1. The van der Waals surface area contributed by atoms with Crippen molar-refractivity contribution in [2.45, 2.75) is 13.8 Å². The van der Waals surface area contributed by atoms with Crippen LogP contribution in [0.3, 0.4) is 0 Å². The first-order valence-electron chi connectivity index (χ1n) is 5.99. The zero-order chi connectivity index (χ0) is 16.0. The molecule has 0 aliphatic rings. The van der Waals surface area contributed by atoms with Crippen LogP contribution in [0.1, 0.15) is 13.8 Å². The molecule has 1 aromatic rings. The molecule has 0 radical (unpaired) electrons. The second kappa shape index (κ2) is 8.21. The van der Waals surface area contributed by atoms with Crippen LogP contribution >= 0.6 is 35.8 Å². The lowest BCUT2D eigenvalue weighted by Crippen LogP contribution is -2.26. The Kier molecular flexibility index (Phi) is 6.94. The largest absolute Gasteiger partial charge is 0.346 e. The van der Waals surface area contributed by atoms with Crippen LogP contribution < -0.4 is 4.90 Å². The predicted octanol–water partition coefficient (Wildman–Crippen LogP) is 3.90. The lowest BCUT2D eigenvalue weighted by Gasteiger charge is -2.21. The van der Waals surface area contributed by atoms with Gasteiger partial charge in [0.1, 0.15) is 10.3 Å². The topological polar surface area (TPSA) is 71.6 Å². The average molecular weight is 349 g/mol. The van der Waals surface area contributed by atoms with E-state index in [9.17, 15) is 10.1 Å². The Morgan fingerprint density at radius 1 is 1.62 bits per heavy atom. The number of thiol groups is 1. The van der Waals surface area contributed by atoms with Crippen molar-refractivity contribution in [3.63, 3.8) is 0 Å². The minimum Gasteiger partial charge on any atom is -0.346 e. The summed E-state index contributed by atoms with van der Waals surface area (Å²) in [5, 5.41) is 11.6. The lowest BCUT2D eigenvalue weighted by atomic mass is 10.3. The molecule has 0 amide bonds. The number of nitro groups is 1. The van der Waals surface area contributed by atoms with Gasteiger partial charge in [-0.25, -0.2) is 9.98 Å². The molecule has 0 saturated heterocycles. The Balaban J connectivity index is 3.10. The molecule has 0 aliphatic carbocycles. The zero-order valence-corrected chi connectivity index (χ0v) is 13.9. The van der Waals surface area contributed by atoms with Gasteiger partial charge in [-0.2, -0.15) is 0 Å². The van der Waals surface area contributed by atoms with Gasteiger partial charge in [0.15, 0.2) is 0 Å². The van der Waals surface area contributed by atoms with E-state index < -0.39 is 4.92 Å². The number of hydrogen-bond donors (Lipinski definition) is 1. The number of hydrogen-bond acceptors (Lipinski definition) is 6. The van der Waals surface area contributed by atoms with E-state index >= 15 is 0 Å². The molecule has 0 aliphatic heterocycles. The van der Waals surface area contributed by atoms with Crippen LogP contribution in [0.15, 0.2) is 28.2 Å². The third-order valence-electron chi connectivity index (χ3n) is 2.44. The van der Waals surface area contributed by atoms with Gasteiger partial charge in [0, 0.05) is 23.7 Å². The highest BCUT2D eigenvalue weighted by molar-refractivity contribution is 7.84. The lowest BCUT2D eigenvalue weighted by molar-refractivity contribution is -0.384. The summed E-state index contributed by atoms with van der Waals surface area (Å²) >= 11 is 15.7. The SMILES string of the molecule is CCN(C/C(S)=C/N=C(C)Cl)c1nc(Cl)ccc1[N+](=O)[O-]. The number of likely N-dealkylation sites (N-methyl/N-ethyl adjacent to an activating group) is 1. The molecule has 0 saturated carbocycles. The maximum Gasteiger partial charge on any atom is 0.311 e. The molecule has 0 aromatic carbocycles. The standard InChI is InChI=1S/C12H14Cl2N4O2S/c1-3-17(7-9(21)6-15-8(2)13)12-10(18(19)20)4-5-11(14)16-12/h4-6,21H,3,7H2,1-2H3/b9-6-,15-8?. The van der Waals surface area contributed by atoms with Gasteiger partial charge in [-0.05, 0) is 19.9 Å². The van der Waals surface area contributed by atoms with Gasteiger partial charge in [0.25, 0.3) is 0 Å². The summed E-state index contributed by atoms with van der Waals surface area (Å²) in [6.45, 7) is 4.29. The van der Waals surface area contributed by atoms with Crippen molar-refractivity contribution < 1.29 is 4.92 Å². The molecule has 21 heavy (non-hydrogen) atoms. The molecule has 0 fully saturated rings. The molecule has 1 rings (SSSR count). The summed E-state index contributed by atoms with van der Waals surface area (Å²) < 4.78 is 0. The van der Waals surface area contributed by atoms with Crippen molar-refractivity contribution in [2.24, 2.45) is 4.99 Å². The van der Waals surface area contributed by atoms with Gasteiger partial charge in [-0.1, -0.05) is 23.2 Å². The molecule has 0 spiro atoms. The smallest absolute Gasteiger partial charge is 0.311 e. The molecule has 0 atom stereocenters. The van der Waals surface area contributed by atoms with Crippen LogP contribution in [0, 0.1) is 10.1 Å². The molecule has 1 aromatic heterocycles. The number of rotatable bonds is 6. The van der Waals surface area contributed by atoms with Crippen LogP contribution in [0.2, 0.25) is 5.15 Å². The van der Waals surface area contributed by atoms with Gasteiger partial charge in [0.2, 0.25) is 5.82 Å². The quantitative estimate of drug-likeness (QED) is 0.278. The fourth-order valence-corrected chi connectivity index (χ4v) is 1.95. The number of nitrogens with zero attached hydrogens (tertiary/aromatic N) is 4. The van der Waals surface area contributed by atoms with Gasteiger partial charge in [-0.15, -0.1) is 12.6 Å². The first kappa shape index (κ1) is 17.7. The van der Waals surface area contributed by atoms with Crippen LogP contribution in [-0.2, 0) is 0 Å². The van der Waals surface area contributed by atoms with Crippen molar-refractivity contribution in [1.82, 2.24) is 4.98 Å². The first-order valence-corrected chi connectivity index (χ1v) is 7.19. The van der Waals surface area contributed by atoms with Gasteiger partial charge in [0.05, 0.1) is 11.5 Å². The Hall–Kier alpha value is -1.31. The third-order valence-corrected chi connectivity index (χ3v) is 3.01. The van der Waals surface area contributed by atoms with Crippen molar-refractivity contribution in [2.75, 3.05) is 18.0 Å². The summed E-state index contributed by atoms with van der Waals surface area (Å²) in [6, 6.07) is 2.71. The third kappa shape index (κ3) is 5.53. The summed E-state index contributed by atoms with van der Waals surface area (Å²) in [7, 11) is 0. The molecule has 0 unspecified atom stereocenters. The molecule has 0 bridgehead atoms. The summed E-state index contributed by atoms with van der Waals surface area (Å²) in [4.78, 5) is 20.8. The monoisotopic (exact) mass is 348 g/mol. The fraction of sp³-hybridized carbons (Fsp3) is 0.333. The number of halogens is 2. The average Bonchev–Trinajstić information content (AvgIpc) is 2.42. The summed E-state index contributed by atoms with van der Waals surface area (Å²) in [6.07, 6.45) is 1.49. The van der Waals surface area contributed by atoms with E-state index in [2.05, 4.69) is 22.6 Å². The normalized spacial score (nSPS) is 12.4. The molecule has 0 N–H and O–H groups in total. The summed E-state index contributed by atoms with van der Waals surface area (Å²) in [5.74, 6) is 0.196. The molecule has 6 nitrogen and oxygen atoms in total. The van der Waals surface area contributed by atoms with E-state index in [0.29, 0.717) is 23.2 Å². The minimum atomic E-state index is -0.496. The second-order valence-electron chi connectivity index (χ2n) is 3.99. The van der Waals surface area contributed by atoms with Crippen molar-refractivity contribution in [1.29, 1.82) is 0 Å². The van der Waals surface area contributed by atoms with E-state index in [1.54, 1.807) is 11.8 Å². The summed E-state index contributed by atoms with van der Waals surface area (Å²) in [5.41, 5.74) is -0.112. The predicted molar refractivity (Wildman–Crippen MR) is 89.8 cm³/mol. The number of anilines is 1. The first-order chi connectivity index (χ1) is 9.85. The maximum atomic E-state index is 11.1. The molecule has 9 heteroatoms. The highest BCUT2D eigenvalue weighted by Crippen LogP contribution is 2.28. The van der Waals surface area contributed by atoms with Crippen molar-refractivity contribution in [3.8, 4) is 0 Å². The van der Waals surface area contributed by atoms with E-state index in [4.69, 9.17) is 23.2 Å². The van der Waals surface area contributed by atoms with Crippen LogP contribution in [0.4, 0.5) is 11.5 Å². The molecule has 1 heterocycles. The minimum absolute atomic E-state index is 0.112. The Morgan fingerprint density at radius 3 is 2.81 bits per heavy atom. The van der Waals surface area contributed by atoms with Crippen LogP contribution in [0.5, 0.6) is 0 Å². The Morgan fingerprint density at radius 2 is 2.29 bits per heavy atom. The van der Waals surface area contributed by atoms with E-state index in [1.807, 2.05) is 6.92 Å². The molecular formula is C12H14Cl2N4O2S. The number of pyridine rings is 1. The van der Waals surface area contributed by atoms with Gasteiger partial charge in [-0.3, -0.25) is 10.1 Å². The van der Waals surface area contributed by atoms with Crippen LogP contribution in [0.25, 0.3) is 0 Å². The highest BCUT2D eigenvalue weighted by Gasteiger charge is 2.21. The molecular weight excluding hydrogens is 335 g/mol. The van der Waals surface area contributed by atoms with E-state index in [-0.39, 0.29) is 16.7 Å². The van der Waals surface area contributed by atoms with Crippen molar-refractivity contribution in [3.05, 3.63) is 38.5 Å². The maximum absolute atomic E-state index is 11.1. The Labute approximate surface area is 138 Å². The molecule has 114 valence electrons. The van der Waals surface area contributed by atoms with Gasteiger partial charge < -0.3 is 4.90 Å². The van der Waals surface area contributed by atoms with Gasteiger partial charge >= 0.3 is 5.69 Å². The number of aliphatic imine (C=N–C) groups is 1. The zero-order valence-electron chi connectivity index (χ0n) is 11.5. The van der Waals surface area contributed by atoms with Crippen LogP contribution in [-0.4, -0.2) is 28.2 Å². The van der Waals surface area contributed by atoms with E-state index in [1.165, 1.54) is 18.3 Å². The van der Waals surface area contributed by atoms with E-state index in [0.717, 1.165) is 0 Å².